The molecule has 0 spiro atoms. The maximum absolute atomic E-state index is 12.9. The number of nitrogens with zero attached hydrogens (tertiary/aromatic N) is 2. The largest absolute Gasteiger partial charge is 0.438 e. The SMILES string of the molecule is C#C/C=C\C(N)=NCS(=O)(=O)NC(=O)c1ccc(C(C)(C)C)nc1Oc1c(C)cc(C)cc1C. The van der Waals surface area contributed by atoms with Gasteiger partial charge < -0.3 is 10.5 Å². The number of pyridine rings is 1. The summed E-state index contributed by atoms with van der Waals surface area (Å²) in [6.45, 7) is 11.7. The molecule has 2 rings (SSSR count). The highest BCUT2D eigenvalue weighted by atomic mass is 32.2. The summed E-state index contributed by atoms with van der Waals surface area (Å²) in [7, 11) is -4.14. The topological polar surface area (TPSA) is 124 Å². The monoisotopic (exact) mass is 482 g/mol. The van der Waals surface area contributed by atoms with Crippen molar-refractivity contribution in [2.45, 2.75) is 47.0 Å². The van der Waals surface area contributed by atoms with Crippen LogP contribution in [0.3, 0.4) is 0 Å². The van der Waals surface area contributed by atoms with Crippen LogP contribution in [-0.2, 0) is 15.4 Å². The summed E-state index contributed by atoms with van der Waals surface area (Å²) in [5.41, 5.74) is 8.71. The van der Waals surface area contributed by atoms with Crippen LogP contribution in [0.25, 0.3) is 0 Å². The van der Waals surface area contributed by atoms with Crippen LogP contribution >= 0.6 is 0 Å². The normalized spacial score (nSPS) is 12.4. The van der Waals surface area contributed by atoms with E-state index in [1.165, 1.54) is 18.2 Å². The number of nitrogens with one attached hydrogen (secondary N) is 1. The molecule has 8 nitrogen and oxygen atoms in total. The molecule has 3 N–H and O–H groups in total. The fraction of sp³-hybridized carbons (Fsp3) is 0.320. The van der Waals surface area contributed by atoms with E-state index < -0.39 is 21.8 Å². The maximum atomic E-state index is 12.9. The lowest BCUT2D eigenvalue weighted by atomic mass is 9.91. The molecule has 2 aromatic rings. The Morgan fingerprint density at radius 2 is 1.85 bits per heavy atom. The average molecular weight is 483 g/mol. The first kappa shape index (κ1) is 26.6. The van der Waals surface area contributed by atoms with E-state index in [-0.39, 0.29) is 22.7 Å². The Kier molecular flexibility index (Phi) is 8.24. The summed E-state index contributed by atoms with van der Waals surface area (Å²) < 4.78 is 32.9. The van der Waals surface area contributed by atoms with Crippen LogP contribution in [-0.4, -0.2) is 31.0 Å². The Balaban J connectivity index is 2.44. The highest BCUT2D eigenvalue weighted by Gasteiger charge is 2.24. The first-order chi connectivity index (χ1) is 15.7. The molecule has 0 bridgehead atoms. The number of carbonyl (C=O) groups excluding carboxylic acids is 1. The molecule has 0 saturated carbocycles. The fourth-order valence-electron chi connectivity index (χ4n) is 3.11. The third-order valence-corrected chi connectivity index (χ3v) is 5.66. The minimum absolute atomic E-state index is 0.00940. The van der Waals surface area contributed by atoms with E-state index in [0.717, 1.165) is 16.7 Å². The highest BCUT2D eigenvalue weighted by molar-refractivity contribution is 7.90. The molecule has 1 aromatic carbocycles. The van der Waals surface area contributed by atoms with Gasteiger partial charge in [0.1, 0.15) is 17.1 Å². The molecule has 34 heavy (non-hydrogen) atoms. The predicted octanol–water partition coefficient (Wildman–Crippen LogP) is 3.66. The third kappa shape index (κ3) is 7.18. The zero-order valence-electron chi connectivity index (χ0n) is 20.3. The number of ether oxygens (including phenoxy) is 1. The molecule has 0 unspecified atom stereocenters. The van der Waals surface area contributed by atoms with Crippen molar-refractivity contribution in [3.8, 4) is 24.0 Å². The van der Waals surface area contributed by atoms with E-state index >= 15 is 0 Å². The van der Waals surface area contributed by atoms with Crippen LogP contribution in [0.4, 0.5) is 0 Å². The molecule has 0 fully saturated rings. The van der Waals surface area contributed by atoms with Gasteiger partial charge in [-0.05, 0) is 56.2 Å². The van der Waals surface area contributed by atoms with Crippen molar-refractivity contribution >= 4 is 21.8 Å². The third-order valence-electron chi connectivity index (χ3n) is 4.69. The summed E-state index contributed by atoms with van der Waals surface area (Å²) in [5, 5.41) is 0. The van der Waals surface area contributed by atoms with Crippen LogP contribution in [0.5, 0.6) is 11.6 Å². The molecular weight excluding hydrogens is 452 g/mol. The number of carbonyl (C=O) groups is 1. The van der Waals surface area contributed by atoms with E-state index in [9.17, 15) is 13.2 Å². The quantitative estimate of drug-likeness (QED) is 0.353. The fourth-order valence-corrected chi connectivity index (χ4v) is 3.88. The predicted molar refractivity (Wildman–Crippen MR) is 135 cm³/mol. The van der Waals surface area contributed by atoms with Crippen molar-refractivity contribution in [2.75, 3.05) is 5.88 Å². The number of sulfonamides is 1. The summed E-state index contributed by atoms with van der Waals surface area (Å²) in [6, 6.07) is 7.08. The number of aromatic nitrogens is 1. The Bertz CT molecular complexity index is 1270. The second-order valence-corrected chi connectivity index (χ2v) is 10.6. The smallest absolute Gasteiger partial charge is 0.270 e. The molecule has 0 aliphatic heterocycles. The number of aryl methyl sites for hydroxylation is 3. The molecule has 0 atom stereocenters. The summed E-state index contributed by atoms with van der Waals surface area (Å²) in [5.74, 6) is 1.06. The van der Waals surface area contributed by atoms with Crippen molar-refractivity contribution in [3.63, 3.8) is 0 Å². The van der Waals surface area contributed by atoms with E-state index in [4.69, 9.17) is 16.9 Å². The van der Waals surface area contributed by atoms with Gasteiger partial charge in [-0.3, -0.25) is 9.79 Å². The van der Waals surface area contributed by atoms with Crippen LogP contribution in [0.15, 0.2) is 41.4 Å². The van der Waals surface area contributed by atoms with Crippen LogP contribution in [0.1, 0.15) is 53.5 Å². The molecule has 0 saturated heterocycles. The van der Waals surface area contributed by atoms with Crippen molar-refractivity contribution in [3.05, 3.63) is 64.4 Å². The van der Waals surface area contributed by atoms with Crippen LogP contribution in [0.2, 0.25) is 0 Å². The number of rotatable bonds is 7. The van der Waals surface area contributed by atoms with E-state index in [2.05, 4.69) is 15.9 Å². The van der Waals surface area contributed by atoms with Gasteiger partial charge in [0, 0.05) is 11.1 Å². The number of terminal acetylenes is 1. The second-order valence-electron chi connectivity index (χ2n) is 8.89. The maximum Gasteiger partial charge on any atom is 0.270 e. The van der Waals surface area contributed by atoms with E-state index in [1.807, 2.05) is 58.4 Å². The van der Waals surface area contributed by atoms with E-state index in [1.54, 1.807) is 6.07 Å². The molecule has 1 aromatic heterocycles. The number of hydrogen-bond acceptors (Lipinski definition) is 6. The number of allylic oxidation sites excluding steroid dienone is 1. The Morgan fingerprint density at radius 1 is 1.24 bits per heavy atom. The lowest BCUT2D eigenvalue weighted by Gasteiger charge is -2.21. The molecule has 0 radical (unpaired) electrons. The van der Waals surface area contributed by atoms with Gasteiger partial charge in [0.25, 0.3) is 15.9 Å². The number of aliphatic imine (C=N–C) groups is 1. The van der Waals surface area contributed by atoms with Crippen LogP contribution < -0.4 is 15.2 Å². The molecule has 0 aliphatic carbocycles. The second kappa shape index (κ2) is 10.5. The first-order valence-electron chi connectivity index (χ1n) is 10.5. The number of amides is 1. The molecule has 1 amide bonds. The summed E-state index contributed by atoms with van der Waals surface area (Å²) >= 11 is 0. The summed E-state index contributed by atoms with van der Waals surface area (Å²) in [6.07, 6.45) is 7.65. The Morgan fingerprint density at radius 3 is 2.41 bits per heavy atom. The molecular formula is C25H30N4O4S. The van der Waals surface area contributed by atoms with Crippen molar-refractivity contribution in [2.24, 2.45) is 10.7 Å². The van der Waals surface area contributed by atoms with Gasteiger partial charge in [0.2, 0.25) is 5.88 Å². The van der Waals surface area contributed by atoms with Crippen LogP contribution in [0, 0.1) is 33.1 Å². The number of nitrogens with two attached hydrogens (primary N) is 1. The van der Waals surface area contributed by atoms with Crippen molar-refractivity contribution in [1.82, 2.24) is 9.71 Å². The average Bonchev–Trinajstić information content (AvgIpc) is 2.72. The van der Waals surface area contributed by atoms with E-state index in [0.29, 0.717) is 11.4 Å². The number of benzene rings is 1. The number of amidine groups is 1. The standard InChI is InChI=1S/C25H30N4O4S/c1-8-9-10-21(26)27-15-34(31,32)29-23(30)19-11-12-20(25(5,6)7)28-24(19)33-22-17(3)13-16(2)14-18(22)4/h1,9-14H,15H2,2-7H3,(H2,26,27)(H,29,30)/b10-9-. The van der Waals surface area contributed by atoms with Gasteiger partial charge in [-0.1, -0.05) is 44.4 Å². The van der Waals surface area contributed by atoms with Crippen molar-refractivity contribution < 1.29 is 17.9 Å². The minimum atomic E-state index is -4.14. The zero-order valence-corrected chi connectivity index (χ0v) is 21.1. The lowest BCUT2D eigenvalue weighted by Crippen LogP contribution is -2.33. The number of hydrogen-bond donors (Lipinski definition) is 2. The highest BCUT2D eigenvalue weighted by Crippen LogP contribution is 2.32. The Hall–Kier alpha value is -3.64. The molecule has 180 valence electrons. The van der Waals surface area contributed by atoms with Gasteiger partial charge in [-0.15, -0.1) is 6.42 Å². The van der Waals surface area contributed by atoms with Gasteiger partial charge in [0.05, 0.1) is 0 Å². The molecule has 0 aliphatic rings. The first-order valence-corrected chi connectivity index (χ1v) is 12.1. The van der Waals surface area contributed by atoms with Gasteiger partial charge in [-0.25, -0.2) is 18.1 Å². The molecule has 9 heteroatoms. The van der Waals surface area contributed by atoms with Crippen molar-refractivity contribution in [1.29, 1.82) is 0 Å². The van der Waals surface area contributed by atoms with Gasteiger partial charge >= 0.3 is 0 Å². The minimum Gasteiger partial charge on any atom is -0.438 e. The molecule has 1 heterocycles. The lowest BCUT2D eigenvalue weighted by molar-refractivity contribution is 0.0978. The summed E-state index contributed by atoms with van der Waals surface area (Å²) in [4.78, 5) is 21.2. The van der Waals surface area contributed by atoms with Gasteiger partial charge in [0.15, 0.2) is 5.88 Å². The zero-order chi connectivity index (χ0) is 25.7. The van der Waals surface area contributed by atoms with Gasteiger partial charge in [-0.2, -0.15) is 0 Å². The Labute approximate surface area is 201 Å².